The molecule has 1 heterocycles. The minimum atomic E-state index is -0.450. The number of carbonyl (C=O) groups is 3. The highest BCUT2D eigenvalue weighted by Gasteiger charge is 2.25. The second-order valence-corrected chi connectivity index (χ2v) is 5.82. The third kappa shape index (κ3) is 6.57. The minimum Gasteiger partial charge on any atom is -0.359 e. The topological polar surface area (TPSA) is 90.5 Å². The third-order valence-corrected chi connectivity index (χ3v) is 3.50. The van der Waals surface area contributed by atoms with Crippen LogP contribution >= 0.6 is 0 Å². The van der Waals surface area contributed by atoms with Gasteiger partial charge in [-0.25, -0.2) is 4.79 Å². The molecule has 7 heteroatoms. The summed E-state index contributed by atoms with van der Waals surface area (Å²) in [4.78, 5) is 36.7. The lowest BCUT2D eigenvalue weighted by Crippen LogP contribution is -2.47. The zero-order valence-electron chi connectivity index (χ0n) is 13.1. The monoisotopic (exact) mass is 298 g/mol. The van der Waals surface area contributed by atoms with Crippen LogP contribution in [0.5, 0.6) is 0 Å². The molecule has 1 aliphatic heterocycles. The Balaban J connectivity index is 2.24. The molecule has 1 fully saturated rings. The van der Waals surface area contributed by atoms with E-state index >= 15 is 0 Å². The lowest BCUT2D eigenvalue weighted by molar-refractivity contribution is -0.126. The van der Waals surface area contributed by atoms with Gasteiger partial charge >= 0.3 is 6.03 Å². The van der Waals surface area contributed by atoms with Gasteiger partial charge in [0.25, 0.3) is 0 Å². The van der Waals surface area contributed by atoms with E-state index in [1.807, 2.05) is 18.7 Å². The van der Waals surface area contributed by atoms with Crippen molar-refractivity contribution < 1.29 is 14.4 Å². The van der Waals surface area contributed by atoms with Gasteiger partial charge in [0.15, 0.2) is 0 Å². The van der Waals surface area contributed by atoms with E-state index in [-0.39, 0.29) is 24.3 Å². The van der Waals surface area contributed by atoms with E-state index in [1.165, 1.54) is 0 Å². The molecule has 4 amide bonds. The fourth-order valence-corrected chi connectivity index (χ4v) is 2.27. The van der Waals surface area contributed by atoms with Gasteiger partial charge in [-0.3, -0.25) is 19.8 Å². The molecule has 0 atom stereocenters. The van der Waals surface area contributed by atoms with Gasteiger partial charge in [-0.1, -0.05) is 13.8 Å². The summed E-state index contributed by atoms with van der Waals surface area (Å²) in [6.45, 7) is 6.09. The molecule has 0 aromatic heterocycles. The standard InChI is InChI=1S/C14H26N4O3/c1-10(2)8-16-14(21)17-12(19)9-18-6-4-11(5-7-18)13(20)15-3/h10-11H,4-9H2,1-3H3,(H,15,20)(H2,16,17,19,21). The molecule has 0 saturated carbocycles. The van der Waals surface area contributed by atoms with Crippen molar-refractivity contribution in [1.82, 2.24) is 20.9 Å². The zero-order valence-corrected chi connectivity index (χ0v) is 13.1. The average Bonchev–Trinajstić information content (AvgIpc) is 2.45. The van der Waals surface area contributed by atoms with Crippen LogP contribution in [0.4, 0.5) is 4.79 Å². The van der Waals surface area contributed by atoms with Gasteiger partial charge in [-0.05, 0) is 31.8 Å². The van der Waals surface area contributed by atoms with E-state index in [1.54, 1.807) is 7.05 Å². The van der Waals surface area contributed by atoms with Crippen LogP contribution in [0.2, 0.25) is 0 Å². The van der Waals surface area contributed by atoms with Crippen LogP contribution in [0.25, 0.3) is 0 Å². The molecule has 0 unspecified atom stereocenters. The lowest BCUT2D eigenvalue weighted by Gasteiger charge is -2.30. The summed E-state index contributed by atoms with van der Waals surface area (Å²) in [5.41, 5.74) is 0. The highest BCUT2D eigenvalue weighted by Crippen LogP contribution is 2.16. The van der Waals surface area contributed by atoms with Crippen molar-refractivity contribution in [3.05, 3.63) is 0 Å². The number of imide groups is 1. The van der Waals surface area contributed by atoms with E-state index in [0.29, 0.717) is 25.6 Å². The van der Waals surface area contributed by atoms with Crippen LogP contribution in [0.3, 0.4) is 0 Å². The number of likely N-dealkylation sites (tertiary alicyclic amines) is 1. The number of urea groups is 1. The molecular weight excluding hydrogens is 272 g/mol. The number of nitrogens with one attached hydrogen (secondary N) is 3. The highest BCUT2D eigenvalue weighted by atomic mass is 16.2. The number of hydrogen-bond acceptors (Lipinski definition) is 4. The lowest BCUT2D eigenvalue weighted by atomic mass is 9.96. The Morgan fingerprint density at radius 1 is 1.19 bits per heavy atom. The van der Waals surface area contributed by atoms with Crippen LogP contribution in [-0.4, -0.2) is 56.0 Å². The van der Waals surface area contributed by atoms with E-state index in [2.05, 4.69) is 16.0 Å². The smallest absolute Gasteiger partial charge is 0.321 e. The summed E-state index contributed by atoms with van der Waals surface area (Å²) in [6.07, 6.45) is 1.49. The molecule has 120 valence electrons. The molecule has 21 heavy (non-hydrogen) atoms. The van der Waals surface area contributed by atoms with E-state index in [4.69, 9.17) is 0 Å². The van der Waals surface area contributed by atoms with Crippen LogP contribution in [0, 0.1) is 11.8 Å². The van der Waals surface area contributed by atoms with Crippen molar-refractivity contribution >= 4 is 17.8 Å². The molecule has 0 aromatic carbocycles. The second kappa shape index (κ2) is 8.61. The number of amides is 4. The molecule has 7 nitrogen and oxygen atoms in total. The van der Waals surface area contributed by atoms with Gasteiger partial charge in [0.1, 0.15) is 0 Å². The first-order chi connectivity index (χ1) is 9.92. The second-order valence-electron chi connectivity index (χ2n) is 5.82. The molecule has 0 bridgehead atoms. The van der Waals surface area contributed by atoms with Crippen LogP contribution in [0.15, 0.2) is 0 Å². The van der Waals surface area contributed by atoms with Crippen LogP contribution in [-0.2, 0) is 9.59 Å². The quantitative estimate of drug-likeness (QED) is 0.662. The van der Waals surface area contributed by atoms with E-state index < -0.39 is 6.03 Å². The Labute approximate surface area is 125 Å². The predicted octanol–water partition coefficient (Wildman–Crippen LogP) is -0.0738. The van der Waals surface area contributed by atoms with Crippen LogP contribution < -0.4 is 16.0 Å². The molecule has 0 radical (unpaired) electrons. The number of hydrogen-bond donors (Lipinski definition) is 3. The maximum absolute atomic E-state index is 11.7. The number of nitrogens with zero attached hydrogens (tertiary/aromatic N) is 1. The average molecular weight is 298 g/mol. The molecule has 1 aliphatic rings. The Bertz CT molecular complexity index is 376. The first-order valence-electron chi connectivity index (χ1n) is 7.44. The molecule has 0 aromatic rings. The first kappa shape index (κ1) is 17.4. The van der Waals surface area contributed by atoms with Gasteiger partial charge in [0, 0.05) is 19.5 Å². The molecular formula is C14H26N4O3. The Hall–Kier alpha value is -1.63. The summed E-state index contributed by atoms with van der Waals surface area (Å²) in [5.74, 6) is 0.125. The van der Waals surface area contributed by atoms with Crippen molar-refractivity contribution in [3.8, 4) is 0 Å². The number of piperidine rings is 1. The molecule has 0 aliphatic carbocycles. The van der Waals surface area contributed by atoms with Gasteiger partial charge in [-0.15, -0.1) is 0 Å². The summed E-state index contributed by atoms with van der Waals surface area (Å²) in [7, 11) is 1.64. The predicted molar refractivity (Wildman–Crippen MR) is 79.6 cm³/mol. The summed E-state index contributed by atoms with van der Waals surface area (Å²) in [6, 6.07) is -0.450. The summed E-state index contributed by atoms with van der Waals surface area (Å²) < 4.78 is 0. The number of rotatable bonds is 5. The van der Waals surface area contributed by atoms with Gasteiger partial charge in [0.05, 0.1) is 6.54 Å². The van der Waals surface area contributed by atoms with Crippen molar-refractivity contribution in [1.29, 1.82) is 0 Å². The molecule has 1 rings (SSSR count). The van der Waals surface area contributed by atoms with Gasteiger partial charge < -0.3 is 10.6 Å². The first-order valence-corrected chi connectivity index (χ1v) is 7.44. The molecule has 1 saturated heterocycles. The fourth-order valence-electron chi connectivity index (χ4n) is 2.27. The Kier molecular flexibility index (Phi) is 7.14. The third-order valence-electron chi connectivity index (χ3n) is 3.50. The fraction of sp³-hybridized carbons (Fsp3) is 0.786. The molecule has 3 N–H and O–H groups in total. The van der Waals surface area contributed by atoms with Gasteiger partial charge in [-0.2, -0.15) is 0 Å². The van der Waals surface area contributed by atoms with E-state index in [0.717, 1.165) is 12.8 Å². The van der Waals surface area contributed by atoms with Crippen molar-refractivity contribution in [2.45, 2.75) is 26.7 Å². The van der Waals surface area contributed by atoms with Gasteiger partial charge in [0.2, 0.25) is 11.8 Å². The Morgan fingerprint density at radius 3 is 2.33 bits per heavy atom. The minimum absolute atomic E-state index is 0.0312. The maximum atomic E-state index is 11.7. The Morgan fingerprint density at radius 2 is 1.81 bits per heavy atom. The number of carbonyl (C=O) groups excluding carboxylic acids is 3. The van der Waals surface area contributed by atoms with Crippen molar-refractivity contribution in [2.75, 3.05) is 33.2 Å². The van der Waals surface area contributed by atoms with Crippen molar-refractivity contribution in [3.63, 3.8) is 0 Å². The summed E-state index contributed by atoms with van der Waals surface area (Å²) >= 11 is 0. The van der Waals surface area contributed by atoms with Crippen molar-refractivity contribution in [2.24, 2.45) is 11.8 Å². The van der Waals surface area contributed by atoms with Crippen LogP contribution in [0.1, 0.15) is 26.7 Å². The highest BCUT2D eigenvalue weighted by molar-refractivity contribution is 5.95. The zero-order chi connectivity index (χ0) is 15.8. The molecule has 0 spiro atoms. The summed E-state index contributed by atoms with van der Waals surface area (Å²) in [5, 5.41) is 7.61. The largest absolute Gasteiger partial charge is 0.359 e. The normalized spacial score (nSPS) is 16.6. The maximum Gasteiger partial charge on any atom is 0.321 e. The SMILES string of the molecule is CNC(=O)C1CCN(CC(=O)NC(=O)NCC(C)C)CC1. The van der Waals surface area contributed by atoms with E-state index in [9.17, 15) is 14.4 Å².